The monoisotopic (exact) mass is 1860 g/mol. The molecule has 12 aromatic rings. The second-order valence-electron chi connectivity index (χ2n) is 37.6. The Hall–Kier alpha value is -12.6. The van der Waals surface area contributed by atoms with Crippen molar-refractivity contribution >= 4 is 96.6 Å². The number of thiazole rings is 1. The smallest absolute Gasteiger partial charge is 0.219 e. The van der Waals surface area contributed by atoms with Gasteiger partial charge in [0, 0.05) is 244 Å². The number of carbonyl (C=O) groups is 5. The topological polar surface area (TPSA) is 321 Å². The van der Waals surface area contributed by atoms with Crippen molar-refractivity contribution in [1.82, 2.24) is 83.9 Å². The van der Waals surface area contributed by atoms with E-state index in [1.807, 2.05) is 56.4 Å². The van der Waals surface area contributed by atoms with E-state index in [1.165, 1.54) is 96.8 Å². The number of aryl methyl sites for hydroxylation is 5. The first-order valence-corrected chi connectivity index (χ1v) is 50.2. The predicted octanol–water partition coefficient (Wildman–Crippen LogP) is 13.3. The fourth-order valence-corrected chi connectivity index (χ4v) is 22.1. The molecule has 4 amide bonds. The SMILES string of the molecule is CC(=O)Cc1ccc(-c2ccc3c(c2)CCCN3c2nn(C3COC3)c3c2CN(C(C)=O)CC3)cn1.CC(=O)N1CCc2c(c(N3CCCc4cc(-c5cc(C)[nH]n5)ccc43)nn2C2COC2)C1.CC(=O)N1CCc2c(c(N3CCCc4cc(-c5cncc(S(C)(=O)=O)c5)ccc43)nn2C2COC2)C1.CC(=O)N1CCc2c(c(N3CCCc4cc(-c5cscn5)ccc43)nn2C2COC2)C1. The van der Waals surface area contributed by atoms with E-state index >= 15 is 0 Å². The molecule has 12 aliphatic rings. The first kappa shape index (κ1) is 89.0. The number of hydrogen-bond donors (Lipinski definition) is 1. The van der Waals surface area contributed by atoms with Crippen LogP contribution in [0.2, 0.25) is 0 Å². The summed E-state index contributed by atoms with van der Waals surface area (Å²) in [6.45, 7) is 24.8. The quantitative estimate of drug-likeness (QED) is 0.0996. The zero-order valence-corrected chi connectivity index (χ0v) is 79.2. The summed E-state index contributed by atoms with van der Waals surface area (Å²) in [4.78, 5) is 90.4. The van der Waals surface area contributed by atoms with Gasteiger partial charge in [0.25, 0.3) is 0 Å². The van der Waals surface area contributed by atoms with E-state index in [9.17, 15) is 32.4 Å². The number of hydrogen-bond acceptors (Lipinski definition) is 24. The van der Waals surface area contributed by atoms with Crippen LogP contribution >= 0.6 is 11.3 Å². The van der Waals surface area contributed by atoms with Crippen LogP contribution in [-0.4, -0.2) is 233 Å². The number of fused-ring (bicyclic) bond motifs is 8. The van der Waals surface area contributed by atoms with Crippen LogP contribution in [0.15, 0.2) is 131 Å². The molecule has 0 atom stereocenters. The predicted molar refractivity (Wildman–Crippen MR) is 512 cm³/mol. The number of carbonyl (C=O) groups excluding carboxylic acids is 5. The number of aromatic amines is 1. The van der Waals surface area contributed by atoms with E-state index < -0.39 is 9.84 Å². The summed E-state index contributed by atoms with van der Waals surface area (Å²) in [6, 6.07) is 35.0. The van der Waals surface area contributed by atoms with Crippen LogP contribution in [0.5, 0.6) is 0 Å². The molecule has 8 aromatic heterocycles. The number of Topliss-reactive ketones (excluding diaryl/α,β-unsaturated/α-hetero) is 1. The Morgan fingerprint density at radius 1 is 0.400 bits per heavy atom. The molecule has 32 nitrogen and oxygen atoms in total. The highest BCUT2D eigenvalue weighted by atomic mass is 32.2. The Labute approximate surface area is 788 Å². The van der Waals surface area contributed by atoms with E-state index in [-0.39, 0.29) is 46.4 Å². The van der Waals surface area contributed by atoms with Gasteiger partial charge < -0.3 is 58.1 Å². The number of amides is 4. The minimum atomic E-state index is -3.34. The lowest BCUT2D eigenvalue weighted by molar-refractivity contribution is -0.130. The second-order valence-corrected chi connectivity index (χ2v) is 40.3. The summed E-state index contributed by atoms with van der Waals surface area (Å²) in [5.74, 6) is 4.48. The Balaban J connectivity index is 0.000000108. The van der Waals surface area contributed by atoms with Gasteiger partial charge in [0.1, 0.15) is 5.78 Å². The van der Waals surface area contributed by atoms with Crippen LogP contribution in [-0.2, 0) is 137 Å². The fraction of sp³-hybridized carbons (Fsp3) is 0.436. The van der Waals surface area contributed by atoms with Crippen LogP contribution in [0.3, 0.4) is 0 Å². The highest BCUT2D eigenvalue weighted by Crippen LogP contribution is 2.47. The van der Waals surface area contributed by atoms with Gasteiger partial charge in [0.15, 0.2) is 33.1 Å². The standard InChI is InChI=1S/C28H31N5O3.C26H29N5O4S.C24H28N6O2.C23H25N5O2S/c1-18(34)12-23-7-5-22(14-29-23)20-6-8-26-21(13-20)4-3-10-32(26)28-25-15-31(19(2)35)11-9-27(25)33(30-28)24-16-36-17-24;1-17(32)29-9-7-25-23(14-29)26(28-31(25)21-15-35-16-21)30-8-3-4-19-10-18(5-6-24(19)30)20-11-22(13-27-12-20)36(2,33)34;1-15-10-21(26-25-15)17-5-6-22-18(11-17)4-3-8-29(22)24-20-12-28(16(2)31)9-7-23(20)30(27-24)19-13-32-14-19;1-15(29)26-8-6-22-19(10-26)23(25-28(22)18-11-30-12-18)27-7-2-3-17-9-16(4-5-21(17)27)20-13-31-14-24-20/h5-8,13-14,24H,3-4,9-12,15-17H2,1-2H3;5-6,10-13,21H,3-4,7-9,14-16H2,1-2H3;5-6,10-11,19H,3-4,7-9,12-14H2,1-2H3,(H,25,26);4-5,9,13-14,18H,2-3,6-8,10-12H2,1H3. The number of H-pyrrole nitrogens is 1. The van der Waals surface area contributed by atoms with Gasteiger partial charge in [-0.3, -0.25) is 57.8 Å². The average molecular weight is 1860 g/mol. The van der Waals surface area contributed by atoms with Crippen molar-refractivity contribution in [3.05, 3.63) is 205 Å². The van der Waals surface area contributed by atoms with Crippen LogP contribution in [0, 0.1) is 6.92 Å². The summed E-state index contributed by atoms with van der Waals surface area (Å²) < 4.78 is 54.5. The third kappa shape index (κ3) is 17.6. The van der Waals surface area contributed by atoms with Gasteiger partial charge in [0.2, 0.25) is 23.6 Å². The maximum atomic E-state index is 12.2. The number of ketones is 1. The third-order valence-corrected chi connectivity index (χ3v) is 30.2. The number of anilines is 8. The molecule has 700 valence electrons. The number of nitrogens with one attached hydrogen (secondary N) is 1. The molecule has 20 heterocycles. The van der Waals surface area contributed by atoms with Crippen molar-refractivity contribution < 1.29 is 51.3 Å². The number of nitrogens with zero attached hydrogens (tertiary/aromatic N) is 20. The van der Waals surface area contributed by atoms with Crippen LogP contribution in [0.4, 0.5) is 46.0 Å². The lowest BCUT2D eigenvalue weighted by Gasteiger charge is -2.33. The summed E-state index contributed by atoms with van der Waals surface area (Å²) >= 11 is 1.62. The van der Waals surface area contributed by atoms with Crippen molar-refractivity contribution in [2.24, 2.45) is 0 Å². The van der Waals surface area contributed by atoms with E-state index in [0.717, 1.165) is 221 Å². The fourth-order valence-electron chi connectivity index (χ4n) is 20.9. The van der Waals surface area contributed by atoms with Gasteiger partial charge in [-0.1, -0.05) is 30.3 Å². The Kier molecular flexibility index (Phi) is 24.5. The maximum absolute atomic E-state index is 12.2. The van der Waals surface area contributed by atoms with Crippen molar-refractivity contribution in [2.75, 3.05) is 131 Å². The van der Waals surface area contributed by atoms with Gasteiger partial charge in [0.05, 0.1) is 125 Å². The van der Waals surface area contributed by atoms with Gasteiger partial charge >= 0.3 is 0 Å². The number of pyridine rings is 2. The van der Waals surface area contributed by atoms with Crippen molar-refractivity contribution in [3.8, 4) is 44.8 Å². The summed E-state index contributed by atoms with van der Waals surface area (Å²) in [7, 11) is -3.34. The molecule has 0 bridgehead atoms. The first-order chi connectivity index (χ1) is 65.5. The van der Waals surface area contributed by atoms with Gasteiger partial charge in [-0.2, -0.15) is 25.5 Å². The van der Waals surface area contributed by atoms with Crippen LogP contribution < -0.4 is 19.6 Å². The lowest BCUT2D eigenvalue weighted by Crippen LogP contribution is -2.37. The van der Waals surface area contributed by atoms with Crippen LogP contribution in [0.25, 0.3) is 44.8 Å². The number of sulfone groups is 1. The molecule has 0 unspecified atom stereocenters. The maximum Gasteiger partial charge on any atom is 0.219 e. The highest BCUT2D eigenvalue weighted by molar-refractivity contribution is 7.90. The summed E-state index contributed by atoms with van der Waals surface area (Å²) in [5.41, 5.74) is 31.5. The molecule has 34 heteroatoms. The minimum Gasteiger partial charge on any atom is -0.377 e. The summed E-state index contributed by atoms with van der Waals surface area (Å²) in [5, 5.41) is 30.0. The molecule has 12 aliphatic heterocycles. The Morgan fingerprint density at radius 3 is 1.07 bits per heavy atom. The molecule has 0 aliphatic carbocycles. The van der Waals surface area contributed by atoms with Crippen LogP contribution in [0.1, 0.15) is 163 Å². The van der Waals surface area contributed by atoms with Crippen molar-refractivity contribution in [1.29, 1.82) is 0 Å². The Bertz CT molecular complexity index is 6700. The minimum absolute atomic E-state index is 0.0833. The van der Waals surface area contributed by atoms with Gasteiger partial charge in [-0.25, -0.2) is 13.4 Å². The number of rotatable bonds is 15. The molecule has 0 radical (unpaired) electrons. The number of aromatic nitrogens is 13. The second kappa shape index (κ2) is 37.2. The number of benzene rings is 4. The van der Waals surface area contributed by atoms with E-state index in [2.05, 4.69) is 142 Å². The molecule has 135 heavy (non-hydrogen) atoms. The molecule has 0 spiro atoms. The highest BCUT2D eigenvalue weighted by Gasteiger charge is 2.41. The molecule has 0 saturated carbocycles. The van der Waals surface area contributed by atoms with E-state index in [1.54, 1.807) is 58.2 Å². The average Bonchev–Trinajstić information content (AvgIpc) is 1.63. The zero-order valence-electron chi connectivity index (χ0n) is 77.5. The normalized spacial score (nSPS) is 18.0. The number of ether oxygens (including phenoxy) is 4. The molecule has 4 saturated heterocycles. The van der Waals surface area contributed by atoms with Crippen molar-refractivity contribution in [3.63, 3.8) is 0 Å². The van der Waals surface area contributed by atoms with E-state index in [0.29, 0.717) is 90.9 Å². The molecular formula is C101H113N21O11S2. The summed E-state index contributed by atoms with van der Waals surface area (Å²) in [6.07, 6.45) is 18.0. The van der Waals surface area contributed by atoms with Crippen molar-refractivity contribution in [2.45, 2.75) is 180 Å². The first-order valence-electron chi connectivity index (χ1n) is 47.4. The molecular weight excluding hydrogens is 1750 g/mol. The molecule has 4 aromatic carbocycles. The lowest BCUT2D eigenvalue weighted by atomic mass is 9.96. The molecule has 24 rings (SSSR count). The van der Waals surface area contributed by atoms with E-state index in [4.69, 9.17) is 39.3 Å². The van der Waals surface area contributed by atoms with Gasteiger partial charge in [-0.15, -0.1) is 11.3 Å². The zero-order chi connectivity index (χ0) is 92.6. The molecule has 1 N–H and O–H groups in total. The Morgan fingerprint density at radius 2 is 0.756 bits per heavy atom. The molecule has 4 fully saturated rings. The van der Waals surface area contributed by atoms with Gasteiger partial charge in [-0.05, 0) is 165 Å². The third-order valence-electron chi connectivity index (χ3n) is 28.5. The largest absolute Gasteiger partial charge is 0.377 e.